The van der Waals surface area contributed by atoms with Crippen LogP contribution in [0.5, 0.6) is 0 Å². The predicted molar refractivity (Wildman–Crippen MR) is 78.2 cm³/mol. The van der Waals surface area contributed by atoms with Gasteiger partial charge in [-0.3, -0.25) is 0 Å². The Morgan fingerprint density at radius 1 is 1.33 bits per heavy atom. The summed E-state index contributed by atoms with van der Waals surface area (Å²) >= 11 is 3.03. The average molecular weight is 389 g/mol. The summed E-state index contributed by atoms with van der Waals surface area (Å²) in [6.07, 6.45) is -4.61. The molecule has 1 rings (SSSR count). The molecular formula is C12H16BrF3N2O2S. The van der Waals surface area contributed by atoms with Crippen molar-refractivity contribution in [2.45, 2.75) is 24.9 Å². The Bertz CT molecular complexity index is 603. The Morgan fingerprint density at radius 3 is 2.33 bits per heavy atom. The number of anilines is 1. The van der Waals surface area contributed by atoms with Crippen LogP contribution < -0.4 is 5.73 Å². The molecule has 0 spiro atoms. The first-order chi connectivity index (χ1) is 9.43. The molecular weight excluding hydrogens is 373 g/mol. The van der Waals surface area contributed by atoms with E-state index < -0.39 is 22.7 Å². The van der Waals surface area contributed by atoms with Crippen LogP contribution in [-0.2, 0) is 10.0 Å². The summed E-state index contributed by atoms with van der Waals surface area (Å²) in [5.41, 5.74) is 5.82. The maximum absolute atomic E-state index is 12.6. The van der Waals surface area contributed by atoms with Crippen molar-refractivity contribution in [1.82, 2.24) is 4.31 Å². The van der Waals surface area contributed by atoms with E-state index in [-0.39, 0.29) is 21.8 Å². The fraction of sp³-hybridized carbons (Fsp3) is 0.500. The fourth-order valence-electron chi connectivity index (χ4n) is 1.72. The van der Waals surface area contributed by atoms with Gasteiger partial charge in [0.05, 0.1) is 4.90 Å². The van der Waals surface area contributed by atoms with E-state index in [4.69, 9.17) is 5.73 Å². The van der Waals surface area contributed by atoms with Gasteiger partial charge in [-0.15, -0.1) is 0 Å². The van der Waals surface area contributed by atoms with Crippen LogP contribution in [0.25, 0.3) is 0 Å². The van der Waals surface area contributed by atoms with Crippen LogP contribution in [0.4, 0.5) is 18.9 Å². The molecule has 1 aromatic rings. The third-order valence-electron chi connectivity index (χ3n) is 2.50. The smallest absolute Gasteiger partial charge is 0.399 e. The highest BCUT2D eigenvalue weighted by Gasteiger charge is 2.37. The lowest BCUT2D eigenvalue weighted by Gasteiger charge is -2.25. The number of hydrogen-bond donors (Lipinski definition) is 1. The Hall–Kier alpha value is -0.800. The van der Waals surface area contributed by atoms with Crippen LogP contribution in [0.15, 0.2) is 27.6 Å². The quantitative estimate of drug-likeness (QED) is 0.787. The summed E-state index contributed by atoms with van der Waals surface area (Å²) in [6, 6.07) is 3.87. The predicted octanol–water partition coefficient (Wildman–Crippen LogP) is 3.24. The average Bonchev–Trinajstić information content (AvgIpc) is 2.24. The summed E-state index contributed by atoms with van der Waals surface area (Å²) in [6.45, 7) is 1.55. The lowest BCUT2D eigenvalue weighted by atomic mass is 10.2. The van der Waals surface area contributed by atoms with Crippen molar-refractivity contribution in [3.8, 4) is 0 Å². The highest BCUT2D eigenvalue weighted by atomic mass is 79.9. The lowest BCUT2D eigenvalue weighted by Crippen LogP contribution is -2.41. The molecule has 0 aliphatic carbocycles. The molecule has 0 fully saturated rings. The topological polar surface area (TPSA) is 63.4 Å². The maximum atomic E-state index is 12.6. The molecule has 0 saturated carbocycles. The largest absolute Gasteiger partial charge is 0.402 e. The summed E-state index contributed by atoms with van der Waals surface area (Å²) in [5.74, 6) is -0.241. The number of nitrogens with two attached hydrogens (primary N) is 1. The molecule has 21 heavy (non-hydrogen) atoms. The first-order valence-electron chi connectivity index (χ1n) is 6.05. The number of nitrogens with zero attached hydrogens (tertiary/aromatic N) is 1. The Balaban J connectivity index is 3.26. The monoisotopic (exact) mass is 388 g/mol. The van der Waals surface area contributed by atoms with E-state index in [1.54, 1.807) is 13.8 Å². The highest BCUT2D eigenvalue weighted by Crippen LogP contribution is 2.29. The van der Waals surface area contributed by atoms with Crippen LogP contribution in [0.2, 0.25) is 0 Å². The summed E-state index contributed by atoms with van der Waals surface area (Å²) < 4.78 is 63.3. The summed E-state index contributed by atoms with van der Waals surface area (Å²) in [5, 5.41) is 0. The molecule has 0 bridgehead atoms. The van der Waals surface area contributed by atoms with E-state index in [9.17, 15) is 21.6 Å². The summed E-state index contributed by atoms with van der Waals surface area (Å²) in [7, 11) is -4.27. The normalized spacial score (nSPS) is 13.1. The molecule has 2 N–H and O–H groups in total. The molecule has 0 aliphatic heterocycles. The van der Waals surface area contributed by atoms with Crippen molar-refractivity contribution in [3.05, 3.63) is 22.7 Å². The van der Waals surface area contributed by atoms with Gasteiger partial charge in [-0.1, -0.05) is 13.8 Å². The molecule has 1 aromatic carbocycles. The SMILES string of the molecule is CC(C)CN(CC(F)(F)F)S(=O)(=O)c1ccc(N)cc1Br. The van der Waals surface area contributed by atoms with Gasteiger partial charge < -0.3 is 5.73 Å². The van der Waals surface area contributed by atoms with Gasteiger partial charge in [0.15, 0.2) is 0 Å². The number of rotatable bonds is 5. The van der Waals surface area contributed by atoms with Crippen molar-refractivity contribution >= 4 is 31.6 Å². The first-order valence-corrected chi connectivity index (χ1v) is 8.28. The molecule has 0 saturated heterocycles. The maximum Gasteiger partial charge on any atom is 0.402 e. The van der Waals surface area contributed by atoms with Crippen LogP contribution in [-0.4, -0.2) is 32.0 Å². The lowest BCUT2D eigenvalue weighted by molar-refractivity contribution is -0.136. The second kappa shape index (κ2) is 6.53. The number of benzene rings is 1. The van der Waals surface area contributed by atoms with Crippen LogP contribution in [0, 0.1) is 5.92 Å². The van der Waals surface area contributed by atoms with Crippen LogP contribution in [0.3, 0.4) is 0 Å². The standard InChI is InChI=1S/C12H16BrF3N2O2S/c1-8(2)6-18(7-12(14,15)16)21(19,20)11-4-3-9(17)5-10(11)13/h3-5,8H,6-7,17H2,1-2H3. The van der Waals surface area contributed by atoms with E-state index in [1.807, 2.05) is 0 Å². The highest BCUT2D eigenvalue weighted by molar-refractivity contribution is 9.10. The van der Waals surface area contributed by atoms with Crippen molar-refractivity contribution in [3.63, 3.8) is 0 Å². The molecule has 0 unspecified atom stereocenters. The second-order valence-corrected chi connectivity index (χ2v) is 7.76. The van der Waals surface area contributed by atoms with E-state index in [0.717, 1.165) is 0 Å². The molecule has 0 heterocycles. The second-order valence-electron chi connectivity index (χ2n) is 5.00. The van der Waals surface area contributed by atoms with E-state index in [1.165, 1.54) is 18.2 Å². The van der Waals surface area contributed by atoms with E-state index in [2.05, 4.69) is 15.9 Å². The van der Waals surface area contributed by atoms with Crippen molar-refractivity contribution in [2.24, 2.45) is 5.92 Å². The molecule has 0 radical (unpaired) electrons. The number of nitrogen functional groups attached to an aromatic ring is 1. The zero-order valence-electron chi connectivity index (χ0n) is 11.5. The molecule has 0 atom stereocenters. The van der Waals surface area contributed by atoms with Crippen molar-refractivity contribution in [1.29, 1.82) is 0 Å². The van der Waals surface area contributed by atoms with E-state index in [0.29, 0.717) is 9.99 Å². The molecule has 9 heteroatoms. The molecule has 4 nitrogen and oxygen atoms in total. The first kappa shape index (κ1) is 18.2. The van der Waals surface area contributed by atoms with Gasteiger partial charge in [0.25, 0.3) is 0 Å². The van der Waals surface area contributed by atoms with Gasteiger partial charge in [-0.2, -0.15) is 17.5 Å². The number of hydrogen-bond acceptors (Lipinski definition) is 3. The van der Waals surface area contributed by atoms with Gasteiger partial charge in [-0.05, 0) is 40.0 Å². The number of alkyl halides is 3. The molecule has 120 valence electrons. The third kappa shape index (κ3) is 5.15. The number of sulfonamides is 1. The number of halogens is 4. The van der Waals surface area contributed by atoms with Crippen molar-refractivity contribution in [2.75, 3.05) is 18.8 Å². The molecule has 0 amide bonds. The fourth-order valence-corrected chi connectivity index (χ4v) is 4.36. The van der Waals surface area contributed by atoms with Crippen LogP contribution in [0.1, 0.15) is 13.8 Å². The van der Waals surface area contributed by atoms with Gasteiger partial charge in [-0.25, -0.2) is 8.42 Å². The summed E-state index contributed by atoms with van der Waals surface area (Å²) in [4.78, 5) is -0.235. The zero-order chi connectivity index (χ0) is 16.4. The minimum atomic E-state index is -4.61. The van der Waals surface area contributed by atoms with Gasteiger partial charge >= 0.3 is 6.18 Å². The Morgan fingerprint density at radius 2 is 1.90 bits per heavy atom. The Kier molecular flexibility index (Phi) is 5.68. The van der Waals surface area contributed by atoms with Crippen LogP contribution >= 0.6 is 15.9 Å². The minimum Gasteiger partial charge on any atom is -0.399 e. The molecule has 0 aromatic heterocycles. The minimum absolute atomic E-state index is 0.137. The Labute approximate surface area is 130 Å². The zero-order valence-corrected chi connectivity index (χ0v) is 13.9. The van der Waals surface area contributed by atoms with Crippen molar-refractivity contribution < 1.29 is 21.6 Å². The third-order valence-corrected chi connectivity index (χ3v) is 5.29. The van der Waals surface area contributed by atoms with E-state index >= 15 is 0 Å². The van der Waals surface area contributed by atoms with Gasteiger partial charge in [0.1, 0.15) is 6.54 Å². The van der Waals surface area contributed by atoms with Gasteiger partial charge in [0, 0.05) is 16.7 Å². The van der Waals surface area contributed by atoms with Gasteiger partial charge in [0.2, 0.25) is 10.0 Å². The molecule has 0 aliphatic rings.